The van der Waals surface area contributed by atoms with E-state index in [0.29, 0.717) is 0 Å². The summed E-state index contributed by atoms with van der Waals surface area (Å²) in [7, 11) is -6.08. The average molecular weight is 366 g/mol. The van der Waals surface area contributed by atoms with Gasteiger partial charge in [-0.25, -0.2) is 0 Å². The second-order valence-corrected chi connectivity index (χ2v) is 17.5. The van der Waals surface area contributed by atoms with Crippen LogP contribution in [-0.4, -0.2) is 7.92 Å². The van der Waals surface area contributed by atoms with E-state index in [9.17, 15) is 0 Å². The zero-order valence-electron chi connectivity index (χ0n) is 5.46. The van der Waals surface area contributed by atoms with Crippen LogP contribution in [0.3, 0.4) is 0 Å². The molecule has 13 heteroatoms. The Morgan fingerprint density at radius 2 is 1.77 bits per heavy atom. The van der Waals surface area contributed by atoms with E-state index >= 15 is 0 Å². The van der Waals surface area contributed by atoms with Crippen molar-refractivity contribution in [2.75, 3.05) is 0 Å². The molecule has 1 fully saturated rings. The first-order chi connectivity index (χ1) is 5.72. The van der Waals surface area contributed by atoms with E-state index in [-0.39, 0.29) is 0 Å². The van der Waals surface area contributed by atoms with E-state index in [1.54, 1.807) is 0 Å². The average Bonchev–Trinajstić information content (AvgIpc) is 1.98. The van der Waals surface area contributed by atoms with E-state index in [2.05, 4.69) is 4.52 Å². The number of halogens is 6. The SMILES string of the molecule is ClN1P(Cl)(Cl)=N[PH]2(Cl)O[PH]1(Cl)N2Cl. The summed E-state index contributed by atoms with van der Waals surface area (Å²) in [5.74, 6) is -2.83. The molecule has 0 aromatic heterocycles. The van der Waals surface area contributed by atoms with Crippen LogP contribution in [0.15, 0.2) is 4.52 Å². The van der Waals surface area contributed by atoms with Crippen LogP contribution in [0, 0.1) is 0 Å². The fraction of sp³-hybridized carbons (Fsp3) is 0. The molecule has 0 radical (unpaired) electrons. The van der Waals surface area contributed by atoms with E-state index in [4.69, 9.17) is 72.8 Å². The van der Waals surface area contributed by atoms with Gasteiger partial charge in [-0.1, -0.05) is 0 Å². The van der Waals surface area contributed by atoms with Gasteiger partial charge >= 0.3 is 105 Å². The third kappa shape index (κ3) is 1.59. The van der Waals surface area contributed by atoms with E-state index < -0.39 is 20.2 Å². The fourth-order valence-electron chi connectivity index (χ4n) is 0.882. The third-order valence-electron chi connectivity index (χ3n) is 1.43. The molecule has 3 aliphatic rings. The Morgan fingerprint density at radius 1 is 1.23 bits per heavy atom. The second-order valence-electron chi connectivity index (χ2n) is 2.26. The number of hydrogen-bond donors (Lipinski definition) is 0. The van der Waals surface area contributed by atoms with Gasteiger partial charge in [-0.2, -0.15) is 0 Å². The Kier molecular flexibility index (Phi) is 3.14. The van der Waals surface area contributed by atoms with Gasteiger partial charge in [-0.3, -0.25) is 0 Å². The quantitative estimate of drug-likeness (QED) is 0.409. The van der Waals surface area contributed by atoms with Gasteiger partial charge in [0.15, 0.2) is 0 Å². The Morgan fingerprint density at radius 3 is 2.23 bits per heavy atom. The summed E-state index contributed by atoms with van der Waals surface area (Å²) in [6.45, 7) is 0. The van der Waals surface area contributed by atoms with Gasteiger partial charge in [0.1, 0.15) is 0 Å². The standard InChI is InChI=1S/Cl6H2N3OP3/c1-8-11(3,4)7-12(5)9(2)13(8,6)10-12/h12-13H. The first kappa shape index (κ1) is 12.2. The Balaban J connectivity index is 2.53. The molecule has 3 heterocycles. The van der Waals surface area contributed by atoms with Crippen molar-refractivity contribution >= 4 is 88.7 Å². The van der Waals surface area contributed by atoms with Gasteiger partial charge in [-0.15, -0.1) is 0 Å². The maximum atomic E-state index is 5.97. The van der Waals surface area contributed by atoms with E-state index in [1.807, 2.05) is 0 Å². The molecule has 3 rings (SSSR count). The van der Waals surface area contributed by atoms with Gasteiger partial charge in [0.05, 0.1) is 0 Å². The van der Waals surface area contributed by atoms with Crippen LogP contribution in [0.25, 0.3) is 0 Å². The number of hydrogen-bond acceptors (Lipinski definition) is 4. The molecule has 0 atom stereocenters. The zero-order chi connectivity index (χ0) is 10.1. The van der Waals surface area contributed by atoms with Crippen LogP contribution in [0.4, 0.5) is 0 Å². The summed E-state index contributed by atoms with van der Waals surface area (Å²) in [4.78, 5) is 0. The van der Waals surface area contributed by atoms with Crippen molar-refractivity contribution in [2.24, 2.45) is 4.52 Å². The topological polar surface area (TPSA) is 28.1 Å². The molecule has 4 nitrogen and oxygen atoms in total. The maximum absolute atomic E-state index is 5.97. The number of fused-ring (bicyclic) bond motifs is 1. The molecular weight excluding hydrogens is 364 g/mol. The Labute approximate surface area is 105 Å². The Bertz CT molecular complexity index is 316. The van der Waals surface area contributed by atoms with Crippen LogP contribution in [0.2, 0.25) is 0 Å². The minimum absolute atomic E-state index is 0.981. The predicted molar refractivity (Wildman–Crippen MR) is 65.9 cm³/mol. The summed E-state index contributed by atoms with van der Waals surface area (Å²) < 4.78 is 11.2. The molecule has 13 heavy (non-hydrogen) atoms. The first-order valence-electron chi connectivity index (χ1n) is 2.76. The first-order valence-corrected chi connectivity index (χ1v) is 12.6. The summed E-state index contributed by atoms with van der Waals surface area (Å²) in [5.41, 5.74) is 0. The molecule has 0 spiro atoms. The van der Waals surface area contributed by atoms with Gasteiger partial charge in [0.25, 0.3) is 0 Å². The molecule has 2 bridgehead atoms. The van der Waals surface area contributed by atoms with Crippen LogP contribution in [-0.2, 0) is 4.31 Å². The molecule has 0 N–H and O–H groups in total. The van der Waals surface area contributed by atoms with Crippen LogP contribution >= 0.6 is 88.7 Å². The van der Waals surface area contributed by atoms with Crippen molar-refractivity contribution in [3.05, 3.63) is 0 Å². The Hall–Kier alpha value is 2.71. The summed E-state index contributed by atoms with van der Waals surface area (Å²) in [6, 6.07) is 0. The summed E-state index contributed by atoms with van der Waals surface area (Å²) >= 11 is 35.1. The van der Waals surface area contributed by atoms with Gasteiger partial charge < -0.3 is 0 Å². The minimum atomic E-state index is -3.07. The van der Waals surface area contributed by atoms with Crippen LogP contribution in [0.1, 0.15) is 0 Å². The van der Waals surface area contributed by atoms with Gasteiger partial charge in [-0.05, 0) is 0 Å². The van der Waals surface area contributed by atoms with Crippen molar-refractivity contribution in [3.63, 3.8) is 0 Å². The molecular formula is H2Cl6N3OP3. The van der Waals surface area contributed by atoms with Crippen molar-refractivity contribution in [1.82, 2.24) is 7.92 Å². The van der Waals surface area contributed by atoms with Crippen LogP contribution in [0.5, 0.6) is 0 Å². The molecule has 0 amide bonds. The summed E-state index contributed by atoms with van der Waals surface area (Å²) in [6.07, 6.45) is 0. The van der Waals surface area contributed by atoms with Crippen molar-refractivity contribution < 1.29 is 4.31 Å². The van der Waals surface area contributed by atoms with Crippen molar-refractivity contribution in [1.29, 1.82) is 0 Å². The van der Waals surface area contributed by atoms with Crippen molar-refractivity contribution in [2.45, 2.75) is 0 Å². The molecule has 0 aliphatic carbocycles. The molecule has 0 saturated carbocycles. The van der Waals surface area contributed by atoms with Crippen LogP contribution < -0.4 is 0 Å². The fourth-order valence-corrected chi connectivity index (χ4v) is 24.1. The molecule has 0 unspecified atom stereocenters. The molecule has 80 valence electrons. The normalized spacial score (nSPS) is 39.8. The summed E-state index contributed by atoms with van der Waals surface area (Å²) in [5, 5.41) is 0. The second kappa shape index (κ2) is 3.35. The van der Waals surface area contributed by atoms with Gasteiger partial charge in [0.2, 0.25) is 0 Å². The monoisotopic (exact) mass is 363 g/mol. The molecule has 1 saturated heterocycles. The molecule has 0 aromatic rings. The van der Waals surface area contributed by atoms with E-state index in [0.717, 1.165) is 7.92 Å². The molecule has 0 aromatic carbocycles. The zero-order valence-corrected chi connectivity index (χ0v) is 12.9. The third-order valence-corrected chi connectivity index (χ3v) is 22.6. The van der Waals surface area contributed by atoms with E-state index in [1.165, 1.54) is 0 Å². The number of rotatable bonds is 0. The molecule has 3 aliphatic heterocycles. The number of nitrogens with zero attached hydrogens (tertiary/aromatic N) is 3. The van der Waals surface area contributed by atoms with Gasteiger partial charge in [0, 0.05) is 0 Å². The predicted octanol–water partition coefficient (Wildman–Crippen LogP) is 5.66. The van der Waals surface area contributed by atoms with Crippen molar-refractivity contribution in [3.8, 4) is 0 Å².